The summed E-state index contributed by atoms with van der Waals surface area (Å²) in [7, 11) is 0. The van der Waals surface area contributed by atoms with E-state index in [1.54, 1.807) is 6.07 Å². The number of azide groups is 1. The average Bonchev–Trinajstić information content (AvgIpc) is 2.76. The summed E-state index contributed by atoms with van der Waals surface area (Å²) in [5, 5.41) is 6.62. The summed E-state index contributed by atoms with van der Waals surface area (Å²) in [4.78, 5) is 33.4. The molecule has 1 aliphatic heterocycles. The first-order chi connectivity index (χ1) is 15.3. The highest BCUT2D eigenvalue weighted by atomic mass is 16.5. The fourth-order valence-electron chi connectivity index (χ4n) is 4.31. The molecule has 9 heteroatoms. The van der Waals surface area contributed by atoms with E-state index in [2.05, 4.69) is 32.2 Å². The Morgan fingerprint density at radius 3 is 2.62 bits per heavy atom. The lowest BCUT2D eigenvalue weighted by Crippen LogP contribution is -2.40. The first-order valence-electron chi connectivity index (χ1n) is 10.9. The summed E-state index contributed by atoms with van der Waals surface area (Å²) >= 11 is 0. The highest BCUT2D eigenvalue weighted by molar-refractivity contribution is 5.98. The molecule has 0 spiro atoms. The Morgan fingerprint density at radius 2 is 2.00 bits per heavy atom. The van der Waals surface area contributed by atoms with Gasteiger partial charge in [-0.1, -0.05) is 5.11 Å². The molecule has 9 nitrogen and oxygen atoms in total. The Morgan fingerprint density at radius 1 is 1.28 bits per heavy atom. The number of aromatic nitrogens is 1. The van der Waals surface area contributed by atoms with Crippen LogP contribution in [0.1, 0.15) is 52.5 Å². The predicted molar refractivity (Wildman–Crippen MR) is 125 cm³/mol. The molecule has 1 aromatic heterocycles. The van der Waals surface area contributed by atoms with Gasteiger partial charge in [-0.2, -0.15) is 0 Å². The smallest absolute Gasteiger partial charge is 0.253 e. The van der Waals surface area contributed by atoms with Crippen molar-refractivity contribution in [1.29, 1.82) is 0 Å². The number of rotatable bonds is 7. The van der Waals surface area contributed by atoms with Gasteiger partial charge in [-0.05, 0) is 75.4 Å². The number of ether oxygens (including phenoxy) is 1. The monoisotopic (exact) mass is 438 g/mol. The number of pyridine rings is 1. The number of nitrogens with zero attached hydrogens (tertiary/aromatic N) is 4. The molecule has 0 bridgehead atoms. The molecule has 1 aromatic carbocycles. The van der Waals surface area contributed by atoms with Crippen LogP contribution < -0.4 is 15.8 Å². The Balaban J connectivity index is 1.94. The van der Waals surface area contributed by atoms with Gasteiger partial charge in [0.2, 0.25) is 0 Å². The zero-order valence-electron chi connectivity index (χ0n) is 19.1. The van der Waals surface area contributed by atoms with E-state index in [0.29, 0.717) is 36.1 Å². The van der Waals surface area contributed by atoms with Gasteiger partial charge in [-0.3, -0.25) is 9.59 Å². The molecule has 0 aliphatic carbocycles. The molecule has 1 aliphatic rings. The van der Waals surface area contributed by atoms with Gasteiger partial charge in [-0.25, -0.2) is 0 Å². The van der Waals surface area contributed by atoms with Crippen LogP contribution in [0.25, 0.3) is 10.4 Å². The van der Waals surface area contributed by atoms with Gasteiger partial charge in [0.1, 0.15) is 0 Å². The lowest BCUT2D eigenvalue weighted by Gasteiger charge is -2.36. The lowest BCUT2D eigenvalue weighted by atomic mass is 10.00. The summed E-state index contributed by atoms with van der Waals surface area (Å²) in [5.74, 6) is -0.318. The molecule has 1 amide bonds. The quantitative estimate of drug-likeness (QED) is 0.382. The number of anilines is 1. The zero-order valence-corrected chi connectivity index (χ0v) is 19.1. The Hall–Kier alpha value is -3.29. The fraction of sp³-hybridized carbons (Fsp3) is 0.478. The van der Waals surface area contributed by atoms with Crippen LogP contribution in [0, 0.1) is 20.8 Å². The molecule has 3 rings (SSSR count). The summed E-state index contributed by atoms with van der Waals surface area (Å²) < 4.78 is 5.50. The van der Waals surface area contributed by atoms with Crippen molar-refractivity contribution in [2.45, 2.75) is 53.1 Å². The normalized spacial score (nSPS) is 14.0. The average molecular weight is 439 g/mol. The standard InChI is InChI=1S/C23H30N6O3/c1-5-29(18-6-8-32-9-7-18)21-12-17(27-28-24)11-19(16(21)4)22(30)25-13-20-14(2)10-15(3)26-23(20)31/h10-12,18H,5-9,13H2,1-4H3,(H,25,30)(H,26,31). The van der Waals surface area contributed by atoms with Crippen LogP contribution in [0.5, 0.6) is 0 Å². The van der Waals surface area contributed by atoms with Crippen molar-refractivity contribution in [1.82, 2.24) is 10.3 Å². The number of hydrogen-bond donors (Lipinski definition) is 2. The minimum absolute atomic E-state index is 0.109. The van der Waals surface area contributed by atoms with Crippen molar-refractivity contribution in [2.75, 3.05) is 24.7 Å². The maximum absolute atomic E-state index is 13.1. The van der Waals surface area contributed by atoms with Crippen molar-refractivity contribution >= 4 is 17.3 Å². The van der Waals surface area contributed by atoms with Crippen molar-refractivity contribution in [2.24, 2.45) is 5.11 Å². The number of amides is 1. The molecular weight excluding hydrogens is 408 g/mol. The summed E-state index contributed by atoms with van der Waals surface area (Å²) in [6, 6.07) is 5.59. The number of carbonyl (C=O) groups is 1. The largest absolute Gasteiger partial charge is 0.381 e. The van der Waals surface area contributed by atoms with Crippen LogP contribution in [-0.4, -0.2) is 36.7 Å². The van der Waals surface area contributed by atoms with Crippen LogP contribution in [0.4, 0.5) is 11.4 Å². The van der Waals surface area contributed by atoms with E-state index in [4.69, 9.17) is 10.3 Å². The molecule has 170 valence electrons. The third kappa shape index (κ3) is 5.12. The van der Waals surface area contributed by atoms with Gasteiger partial charge < -0.3 is 19.9 Å². The van der Waals surface area contributed by atoms with Crippen LogP contribution >= 0.6 is 0 Å². The molecule has 1 saturated heterocycles. The Bertz CT molecular complexity index is 1100. The zero-order chi connectivity index (χ0) is 23.3. The molecule has 0 atom stereocenters. The molecule has 0 saturated carbocycles. The van der Waals surface area contributed by atoms with Gasteiger partial charge >= 0.3 is 0 Å². The van der Waals surface area contributed by atoms with E-state index in [-0.39, 0.29) is 18.0 Å². The predicted octanol–water partition coefficient (Wildman–Crippen LogP) is 4.18. The minimum Gasteiger partial charge on any atom is -0.381 e. The van der Waals surface area contributed by atoms with Crippen molar-refractivity contribution in [3.05, 3.63) is 66.9 Å². The SMILES string of the molecule is CCN(c1cc(N=[N+]=[N-])cc(C(=O)NCc2c(C)cc(C)[nH]c2=O)c1C)C1CCOCC1. The van der Waals surface area contributed by atoms with Crippen LogP contribution in [-0.2, 0) is 11.3 Å². The Labute approximate surface area is 187 Å². The third-order valence-electron chi connectivity index (χ3n) is 5.97. The molecular formula is C23H30N6O3. The number of H-pyrrole nitrogens is 1. The summed E-state index contributed by atoms with van der Waals surface area (Å²) in [5.41, 5.74) is 13.4. The third-order valence-corrected chi connectivity index (χ3v) is 5.97. The number of aryl methyl sites for hydroxylation is 2. The van der Waals surface area contributed by atoms with Crippen LogP contribution in [0.3, 0.4) is 0 Å². The van der Waals surface area contributed by atoms with Crippen LogP contribution in [0.15, 0.2) is 28.1 Å². The molecule has 1 fully saturated rings. The Kier molecular flexibility index (Phi) is 7.56. The van der Waals surface area contributed by atoms with Crippen molar-refractivity contribution < 1.29 is 9.53 Å². The van der Waals surface area contributed by atoms with Gasteiger partial charge in [0.05, 0.1) is 0 Å². The van der Waals surface area contributed by atoms with E-state index >= 15 is 0 Å². The molecule has 2 N–H and O–H groups in total. The maximum Gasteiger partial charge on any atom is 0.253 e. The second-order valence-corrected chi connectivity index (χ2v) is 8.08. The summed E-state index contributed by atoms with van der Waals surface area (Å²) in [6.07, 6.45) is 1.80. The van der Waals surface area contributed by atoms with E-state index in [1.807, 2.05) is 32.9 Å². The van der Waals surface area contributed by atoms with E-state index in [0.717, 1.165) is 41.9 Å². The van der Waals surface area contributed by atoms with E-state index in [9.17, 15) is 9.59 Å². The highest BCUT2D eigenvalue weighted by Crippen LogP contribution is 2.33. The van der Waals surface area contributed by atoms with Gasteiger partial charge in [0, 0.05) is 65.5 Å². The lowest BCUT2D eigenvalue weighted by molar-refractivity contribution is 0.0846. The number of benzene rings is 1. The van der Waals surface area contributed by atoms with E-state index < -0.39 is 0 Å². The molecule has 2 aromatic rings. The van der Waals surface area contributed by atoms with Gasteiger partial charge in [-0.15, -0.1) is 0 Å². The molecule has 0 radical (unpaired) electrons. The topological polar surface area (TPSA) is 123 Å². The van der Waals surface area contributed by atoms with E-state index in [1.165, 1.54) is 0 Å². The summed E-state index contributed by atoms with van der Waals surface area (Å²) in [6.45, 7) is 9.91. The van der Waals surface area contributed by atoms with Crippen molar-refractivity contribution in [3.8, 4) is 0 Å². The van der Waals surface area contributed by atoms with Crippen LogP contribution in [0.2, 0.25) is 0 Å². The molecule has 32 heavy (non-hydrogen) atoms. The maximum atomic E-state index is 13.1. The number of nitrogens with one attached hydrogen (secondary N) is 2. The highest BCUT2D eigenvalue weighted by Gasteiger charge is 2.24. The first-order valence-corrected chi connectivity index (χ1v) is 10.9. The van der Waals surface area contributed by atoms with Gasteiger partial charge in [0.15, 0.2) is 0 Å². The van der Waals surface area contributed by atoms with Gasteiger partial charge in [0.25, 0.3) is 11.5 Å². The van der Waals surface area contributed by atoms with Crippen molar-refractivity contribution in [3.63, 3.8) is 0 Å². The molecule has 0 unspecified atom stereocenters. The minimum atomic E-state index is -0.318. The number of aromatic amines is 1. The second kappa shape index (κ2) is 10.3. The molecule has 2 heterocycles. The first kappa shape index (κ1) is 23.4. The number of carbonyl (C=O) groups excluding carboxylic acids is 1. The second-order valence-electron chi connectivity index (χ2n) is 8.08. The number of hydrogen-bond acceptors (Lipinski definition) is 5. The fourth-order valence-corrected chi connectivity index (χ4v) is 4.31.